The molecule has 5 nitrogen and oxygen atoms in total. The first-order valence-corrected chi connectivity index (χ1v) is 7.77. The number of aromatic nitrogens is 1. The summed E-state index contributed by atoms with van der Waals surface area (Å²) >= 11 is 0. The molecule has 0 amide bonds. The first kappa shape index (κ1) is 15.4. The second-order valence-electron chi connectivity index (χ2n) is 4.65. The quantitative estimate of drug-likeness (QED) is 0.905. The van der Waals surface area contributed by atoms with E-state index in [1.807, 2.05) is 0 Å². The minimum Gasteiger partial charge on any atom is -0.326 e. The second-order valence-corrected chi connectivity index (χ2v) is 6.30. The van der Waals surface area contributed by atoms with E-state index in [2.05, 4.69) is 9.71 Å². The van der Waals surface area contributed by atoms with Crippen LogP contribution in [0.4, 0.5) is 10.1 Å². The number of nitrogens with zero attached hydrogens (tertiary/aromatic N) is 1. The maximum absolute atomic E-state index is 13.8. The summed E-state index contributed by atoms with van der Waals surface area (Å²) in [6.45, 7) is 3.16. The fraction of sp³-hybridized carbons (Fsp3) is 0.214. The molecule has 3 N–H and O–H groups in total. The molecular formula is C14H16FN3O2S. The van der Waals surface area contributed by atoms with Crippen LogP contribution in [-0.4, -0.2) is 13.4 Å². The molecule has 112 valence electrons. The van der Waals surface area contributed by atoms with Crippen LogP contribution in [0.1, 0.15) is 16.8 Å². The SMILES string of the molecule is Cc1ncccc1NS(=O)(=O)c1cc(CN)cc(F)c1C. The topological polar surface area (TPSA) is 85.1 Å². The van der Waals surface area contributed by atoms with Crippen LogP contribution in [0.3, 0.4) is 0 Å². The Kier molecular flexibility index (Phi) is 4.24. The van der Waals surface area contributed by atoms with E-state index in [0.29, 0.717) is 16.9 Å². The third kappa shape index (κ3) is 3.20. The van der Waals surface area contributed by atoms with Crippen molar-refractivity contribution in [2.45, 2.75) is 25.3 Å². The number of nitrogens with one attached hydrogen (secondary N) is 1. The van der Waals surface area contributed by atoms with Crippen LogP contribution in [0.15, 0.2) is 35.4 Å². The molecule has 0 atom stereocenters. The fourth-order valence-electron chi connectivity index (χ4n) is 1.90. The molecule has 0 saturated carbocycles. The molecule has 0 unspecified atom stereocenters. The minimum atomic E-state index is -3.91. The Hall–Kier alpha value is -1.99. The maximum Gasteiger partial charge on any atom is 0.262 e. The van der Waals surface area contributed by atoms with Crippen molar-refractivity contribution in [1.82, 2.24) is 4.98 Å². The van der Waals surface area contributed by atoms with Crippen LogP contribution in [0.2, 0.25) is 0 Å². The van der Waals surface area contributed by atoms with E-state index in [4.69, 9.17) is 5.73 Å². The molecular weight excluding hydrogens is 293 g/mol. The van der Waals surface area contributed by atoms with E-state index >= 15 is 0 Å². The molecule has 7 heteroatoms. The van der Waals surface area contributed by atoms with Crippen molar-refractivity contribution in [2.75, 3.05) is 4.72 Å². The van der Waals surface area contributed by atoms with Gasteiger partial charge in [0.2, 0.25) is 0 Å². The number of anilines is 1. The van der Waals surface area contributed by atoms with Crippen molar-refractivity contribution < 1.29 is 12.8 Å². The Morgan fingerprint density at radius 1 is 1.33 bits per heavy atom. The smallest absolute Gasteiger partial charge is 0.262 e. The summed E-state index contributed by atoms with van der Waals surface area (Å²) in [6, 6.07) is 5.84. The van der Waals surface area contributed by atoms with Crippen LogP contribution in [0, 0.1) is 19.7 Å². The highest BCUT2D eigenvalue weighted by molar-refractivity contribution is 7.92. The molecule has 0 fully saturated rings. The van der Waals surface area contributed by atoms with Gasteiger partial charge in [-0.05, 0) is 43.7 Å². The number of aryl methyl sites for hydroxylation is 1. The third-order valence-corrected chi connectivity index (χ3v) is 4.62. The molecule has 1 aromatic carbocycles. The number of pyridine rings is 1. The van der Waals surface area contributed by atoms with Gasteiger partial charge < -0.3 is 5.73 Å². The molecule has 21 heavy (non-hydrogen) atoms. The Labute approximate surface area is 123 Å². The van der Waals surface area contributed by atoms with Gasteiger partial charge in [-0.25, -0.2) is 12.8 Å². The zero-order valence-electron chi connectivity index (χ0n) is 11.7. The predicted molar refractivity (Wildman–Crippen MR) is 78.8 cm³/mol. The largest absolute Gasteiger partial charge is 0.326 e. The number of halogens is 1. The normalized spacial score (nSPS) is 11.4. The van der Waals surface area contributed by atoms with Gasteiger partial charge >= 0.3 is 0 Å². The van der Waals surface area contributed by atoms with Crippen molar-refractivity contribution in [2.24, 2.45) is 5.73 Å². The minimum absolute atomic E-state index is 0.0567. The highest BCUT2D eigenvalue weighted by atomic mass is 32.2. The Balaban J connectivity index is 2.50. The summed E-state index contributed by atoms with van der Waals surface area (Å²) in [5.41, 5.74) is 6.83. The lowest BCUT2D eigenvalue weighted by atomic mass is 10.1. The van der Waals surface area contributed by atoms with E-state index in [1.165, 1.54) is 19.1 Å². The van der Waals surface area contributed by atoms with Crippen molar-refractivity contribution in [1.29, 1.82) is 0 Å². The highest BCUT2D eigenvalue weighted by Crippen LogP contribution is 2.24. The molecule has 0 radical (unpaired) electrons. The van der Waals surface area contributed by atoms with Gasteiger partial charge in [-0.15, -0.1) is 0 Å². The highest BCUT2D eigenvalue weighted by Gasteiger charge is 2.21. The van der Waals surface area contributed by atoms with Crippen LogP contribution >= 0.6 is 0 Å². The standard InChI is InChI=1S/C14H16FN3O2S/c1-9-12(15)6-11(8-16)7-14(9)21(19,20)18-13-4-3-5-17-10(13)2/h3-7,18H,8,16H2,1-2H3. The average Bonchev–Trinajstić information content (AvgIpc) is 2.43. The van der Waals surface area contributed by atoms with Crippen LogP contribution in [-0.2, 0) is 16.6 Å². The second kappa shape index (κ2) is 5.79. The summed E-state index contributed by atoms with van der Waals surface area (Å²) in [4.78, 5) is 3.89. The summed E-state index contributed by atoms with van der Waals surface area (Å²) in [5.74, 6) is -0.596. The van der Waals surface area contributed by atoms with Crippen LogP contribution < -0.4 is 10.5 Å². The van der Waals surface area contributed by atoms with Gasteiger partial charge in [0, 0.05) is 18.3 Å². The molecule has 0 aliphatic carbocycles. The number of benzene rings is 1. The first-order chi connectivity index (χ1) is 9.85. The van der Waals surface area contributed by atoms with Gasteiger partial charge in [0.15, 0.2) is 0 Å². The van der Waals surface area contributed by atoms with Crippen LogP contribution in [0.25, 0.3) is 0 Å². The van der Waals surface area contributed by atoms with E-state index in [9.17, 15) is 12.8 Å². The van der Waals surface area contributed by atoms with E-state index in [1.54, 1.807) is 25.3 Å². The number of rotatable bonds is 4. The van der Waals surface area contributed by atoms with Crippen molar-refractivity contribution >= 4 is 15.7 Å². The lowest BCUT2D eigenvalue weighted by Gasteiger charge is -2.13. The maximum atomic E-state index is 13.8. The van der Waals surface area contributed by atoms with Gasteiger partial charge in [-0.1, -0.05) is 0 Å². The van der Waals surface area contributed by atoms with Crippen molar-refractivity contribution in [3.63, 3.8) is 0 Å². The van der Waals surface area contributed by atoms with Gasteiger partial charge in [0.1, 0.15) is 5.82 Å². The first-order valence-electron chi connectivity index (χ1n) is 6.28. The van der Waals surface area contributed by atoms with Crippen molar-refractivity contribution in [3.05, 3.63) is 53.1 Å². The number of nitrogens with two attached hydrogens (primary N) is 1. The van der Waals surface area contributed by atoms with Crippen LogP contribution in [0.5, 0.6) is 0 Å². The summed E-state index contributed by atoms with van der Waals surface area (Å²) in [5, 5.41) is 0. The molecule has 0 spiro atoms. The summed E-state index contributed by atoms with van der Waals surface area (Å²) in [7, 11) is -3.91. The van der Waals surface area contributed by atoms with Gasteiger partial charge in [-0.2, -0.15) is 0 Å². The van der Waals surface area contributed by atoms with E-state index in [0.717, 1.165) is 0 Å². The fourth-order valence-corrected chi connectivity index (χ4v) is 3.32. The van der Waals surface area contributed by atoms with Gasteiger partial charge in [0.05, 0.1) is 16.3 Å². The molecule has 0 aliphatic rings. The molecule has 2 aromatic rings. The number of hydrogen-bond donors (Lipinski definition) is 2. The molecule has 0 saturated heterocycles. The lowest BCUT2D eigenvalue weighted by Crippen LogP contribution is -2.16. The molecule has 0 aliphatic heterocycles. The number of hydrogen-bond acceptors (Lipinski definition) is 4. The third-order valence-electron chi connectivity index (χ3n) is 3.13. The zero-order valence-corrected chi connectivity index (χ0v) is 12.5. The average molecular weight is 309 g/mol. The zero-order chi connectivity index (χ0) is 15.6. The molecule has 0 bridgehead atoms. The van der Waals surface area contributed by atoms with Crippen molar-refractivity contribution in [3.8, 4) is 0 Å². The Bertz CT molecular complexity index is 776. The monoisotopic (exact) mass is 309 g/mol. The van der Waals surface area contributed by atoms with E-state index < -0.39 is 15.8 Å². The molecule has 1 aromatic heterocycles. The molecule has 2 rings (SSSR count). The molecule has 1 heterocycles. The summed E-state index contributed by atoms with van der Waals surface area (Å²) in [6.07, 6.45) is 1.56. The predicted octanol–water partition coefficient (Wildman–Crippen LogP) is 2.10. The Morgan fingerprint density at radius 2 is 2.05 bits per heavy atom. The lowest BCUT2D eigenvalue weighted by molar-refractivity contribution is 0.589. The van der Waals surface area contributed by atoms with Gasteiger partial charge in [0.25, 0.3) is 10.0 Å². The van der Waals surface area contributed by atoms with Gasteiger partial charge in [-0.3, -0.25) is 9.71 Å². The van der Waals surface area contributed by atoms with E-state index in [-0.39, 0.29) is 17.0 Å². The summed E-state index contributed by atoms with van der Waals surface area (Å²) < 4.78 is 41.1. The number of sulfonamides is 1. The Morgan fingerprint density at radius 3 is 2.67 bits per heavy atom.